The number of hydrogen-bond donors (Lipinski definition) is 1. The lowest BCUT2D eigenvalue weighted by Crippen LogP contribution is -2.44. The highest BCUT2D eigenvalue weighted by atomic mass is 28.4. The molecule has 7 rings (SSSR count). The largest absolute Gasteiger partial charge is 0.497 e. The Labute approximate surface area is 310 Å². The fourth-order valence-corrected chi connectivity index (χ4v) is 7.49. The molecule has 1 aliphatic heterocycles. The molecule has 4 heterocycles. The standard InChI is InChI=1S/C40H45N7O5Si/c1-39(2,3)53(5,6)50-24-33-32(52-38(48)46-22-21-41-26-46)23-34(51-33)47-27-44-35-36(42-25-43-37(35)47)45-40(28-13-9-7-10-14-28,29-15-11-8-12-16-29)30-17-19-31(49-4)20-18-30/h7-22,25-27,32-34H,23-24H2,1-6H3,(H,42,43,45)/t32-,33+,34+/m0/s1. The number of benzene rings is 3. The third-order valence-electron chi connectivity index (χ3n) is 10.5. The van der Waals surface area contributed by atoms with Crippen LogP contribution in [0.25, 0.3) is 11.2 Å². The number of imidazole rings is 2. The van der Waals surface area contributed by atoms with E-state index in [4.69, 9.17) is 33.6 Å². The van der Waals surface area contributed by atoms with Crippen LogP contribution in [0.4, 0.5) is 10.6 Å². The summed E-state index contributed by atoms with van der Waals surface area (Å²) in [6.45, 7) is 11.2. The highest BCUT2D eigenvalue weighted by Crippen LogP contribution is 2.42. The van der Waals surface area contributed by atoms with Gasteiger partial charge in [-0.3, -0.25) is 4.57 Å². The van der Waals surface area contributed by atoms with Gasteiger partial charge in [0.25, 0.3) is 0 Å². The zero-order valence-corrected chi connectivity index (χ0v) is 31.8. The zero-order chi connectivity index (χ0) is 37.2. The first-order valence-electron chi connectivity index (χ1n) is 17.7. The highest BCUT2D eigenvalue weighted by molar-refractivity contribution is 6.74. The maximum absolute atomic E-state index is 13.1. The predicted molar refractivity (Wildman–Crippen MR) is 204 cm³/mol. The van der Waals surface area contributed by atoms with Crippen LogP contribution >= 0.6 is 0 Å². The maximum atomic E-state index is 13.1. The minimum Gasteiger partial charge on any atom is -0.497 e. The van der Waals surface area contributed by atoms with Gasteiger partial charge in [-0.05, 0) is 47.0 Å². The second kappa shape index (κ2) is 14.6. The van der Waals surface area contributed by atoms with Crippen LogP contribution in [0.5, 0.6) is 5.75 Å². The summed E-state index contributed by atoms with van der Waals surface area (Å²) in [4.78, 5) is 31.4. The molecular formula is C40H45N7O5Si. The number of rotatable bonds is 11. The van der Waals surface area contributed by atoms with Gasteiger partial charge in [0.15, 0.2) is 25.3 Å². The molecule has 12 nitrogen and oxygen atoms in total. The van der Waals surface area contributed by atoms with Crippen molar-refractivity contribution in [3.63, 3.8) is 0 Å². The summed E-state index contributed by atoms with van der Waals surface area (Å²) < 4.78 is 28.0. The van der Waals surface area contributed by atoms with Gasteiger partial charge in [0.05, 0.1) is 20.0 Å². The molecule has 0 bridgehead atoms. The zero-order valence-electron chi connectivity index (χ0n) is 30.8. The molecule has 1 aliphatic rings. The molecule has 3 aromatic carbocycles. The van der Waals surface area contributed by atoms with E-state index in [-0.39, 0.29) is 11.6 Å². The molecule has 0 saturated carbocycles. The summed E-state index contributed by atoms with van der Waals surface area (Å²) >= 11 is 0. The van der Waals surface area contributed by atoms with Crippen LogP contribution in [0.1, 0.15) is 50.1 Å². The Bertz CT molecular complexity index is 2100. The van der Waals surface area contributed by atoms with E-state index in [2.05, 4.69) is 80.6 Å². The number of carbonyl (C=O) groups is 1. The Kier molecular flexibility index (Phi) is 9.90. The second-order valence-corrected chi connectivity index (χ2v) is 19.5. The average Bonchev–Trinajstić information content (AvgIpc) is 3.95. The van der Waals surface area contributed by atoms with Crippen molar-refractivity contribution >= 4 is 31.4 Å². The smallest absolute Gasteiger partial charge is 0.419 e. The Morgan fingerprint density at radius 3 is 2.17 bits per heavy atom. The van der Waals surface area contributed by atoms with Crippen molar-refractivity contribution < 1.29 is 23.4 Å². The fourth-order valence-electron chi connectivity index (χ4n) is 6.48. The van der Waals surface area contributed by atoms with Gasteiger partial charge in [0, 0.05) is 18.8 Å². The van der Waals surface area contributed by atoms with Gasteiger partial charge in [-0.15, -0.1) is 0 Å². The molecule has 1 N–H and O–H groups in total. The summed E-state index contributed by atoms with van der Waals surface area (Å²) in [6.07, 6.45) is 5.95. The topological polar surface area (TPSA) is 127 Å². The number of aromatic nitrogens is 6. The van der Waals surface area contributed by atoms with Crippen LogP contribution in [0.3, 0.4) is 0 Å². The maximum Gasteiger partial charge on any atom is 0.419 e. The van der Waals surface area contributed by atoms with Crippen molar-refractivity contribution in [2.45, 2.75) is 69.3 Å². The number of carbonyl (C=O) groups excluding carboxylic acids is 1. The predicted octanol–water partition coefficient (Wildman–Crippen LogP) is 7.80. The van der Waals surface area contributed by atoms with Crippen molar-refractivity contribution in [3.05, 3.63) is 133 Å². The van der Waals surface area contributed by atoms with Crippen molar-refractivity contribution in [2.24, 2.45) is 0 Å². The first-order chi connectivity index (χ1) is 25.5. The lowest BCUT2D eigenvalue weighted by atomic mass is 9.77. The summed E-state index contributed by atoms with van der Waals surface area (Å²) in [5, 5.41) is 3.83. The number of nitrogens with zero attached hydrogens (tertiary/aromatic N) is 6. The van der Waals surface area contributed by atoms with Crippen LogP contribution in [0.15, 0.2) is 116 Å². The minimum atomic E-state index is -2.14. The van der Waals surface area contributed by atoms with Gasteiger partial charge in [-0.25, -0.2) is 29.3 Å². The molecule has 0 aliphatic carbocycles. The Hall–Kier alpha value is -5.37. The van der Waals surface area contributed by atoms with Crippen molar-refractivity contribution in [1.82, 2.24) is 29.1 Å². The lowest BCUT2D eigenvalue weighted by molar-refractivity contribution is -0.0432. The van der Waals surface area contributed by atoms with E-state index in [1.165, 1.54) is 23.4 Å². The van der Waals surface area contributed by atoms with Gasteiger partial charge >= 0.3 is 6.09 Å². The Morgan fingerprint density at radius 1 is 0.906 bits per heavy atom. The van der Waals surface area contributed by atoms with E-state index in [1.54, 1.807) is 19.6 Å². The van der Waals surface area contributed by atoms with Crippen LogP contribution in [-0.2, 0) is 19.4 Å². The molecule has 0 radical (unpaired) electrons. The number of ether oxygens (including phenoxy) is 3. The van der Waals surface area contributed by atoms with Crippen LogP contribution < -0.4 is 10.1 Å². The number of anilines is 1. The quantitative estimate of drug-likeness (QED) is 0.104. The number of fused-ring (bicyclic) bond motifs is 1. The molecule has 3 aromatic heterocycles. The second-order valence-electron chi connectivity index (χ2n) is 14.7. The minimum absolute atomic E-state index is 0.00456. The molecule has 53 heavy (non-hydrogen) atoms. The molecule has 0 spiro atoms. The number of methoxy groups -OCH3 is 1. The highest BCUT2D eigenvalue weighted by Gasteiger charge is 2.44. The van der Waals surface area contributed by atoms with Crippen LogP contribution in [0.2, 0.25) is 18.1 Å². The Balaban J connectivity index is 1.26. The fraction of sp³-hybridized carbons (Fsp3) is 0.325. The molecular weight excluding hydrogens is 687 g/mol. The van der Waals surface area contributed by atoms with E-state index in [1.807, 2.05) is 53.1 Å². The van der Waals surface area contributed by atoms with Gasteiger partial charge in [0.2, 0.25) is 0 Å². The average molecular weight is 732 g/mol. The van der Waals surface area contributed by atoms with E-state index in [0.29, 0.717) is 23.4 Å². The van der Waals surface area contributed by atoms with Gasteiger partial charge < -0.3 is 24.0 Å². The SMILES string of the molecule is COc1ccc(C(Nc2ncnc3c2ncn3[C@H]2C[C@H](OC(=O)n3ccnc3)[C@@H](CO[Si](C)(C)C(C)(C)C)O2)(c2ccccc2)c2ccccc2)cc1. The van der Waals surface area contributed by atoms with Gasteiger partial charge in [-0.2, -0.15) is 0 Å². The van der Waals surface area contributed by atoms with Crippen molar-refractivity contribution in [1.29, 1.82) is 0 Å². The van der Waals surface area contributed by atoms with E-state index >= 15 is 0 Å². The van der Waals surface area contributed by atoms with Gasteiger partial charge in [0.1, 0.15) is 42.4 Å². The lowest BCUT2D eigenvalue weighted by Gasteiger charge is -2.37. The summed E-state index contributed by atoms with van der Waals surface area (Å²) in [5.74, 6) is 1.29. The molecule has 6 aromatic rings. The molecule has 0 amide bonds. The third kappa shape index (κ3) is 7.07. The molecule has 0 unspecified atom stereocenters. The van der Waals surface area contributed by atoms with Crippen molar-refractivity contribution in [2.75, 3.05) is 19.0 Å². The summed E-state index contributed by atoms with van der Waals surface area (Å²) in [5.41, 5.74) is 3.26. The van der Waals surface area contributed by atoms with E-state index in [9.17, 15) is 4.79 Å². The van der Waals surface area contributed by atoms with Gasteiger partial charge in [-0.1, -0.05) is 93.6 Å². The molecule has 1 fully saturated rings. The van der Waals surface area contributed by atoms with E-state index in [0.717, 1.165) is 22.4 Å². The molecule has 1 saturated heterocycles. The number of hydrogen-bond acceptors (Lipinski definition) is 10. The monoisotopic (exact) mass is 731 g/mol. The summed E-state index contributed by atoms with van der Waals surface area (Å²) in [6, 6.07) is 28.6. The molecule has 274 valence electrons. The Morgan fingerprint density at radius 2 is 1.57 bits per heavy atom. The first kappa shape index (κ1) is 36.0. The first-order valence-corrected chi connectivity index (χ1v) is 20.6. The normalized spacial score (nSPS) is 17.9. The molecule has 3 atom stereocenters. The van der Waals surface area contributed by atoms with Crippen LogP contribution in [-0.4, -0.2) is 69.4 Å². The summed E-state index contributed by atoms with van der Waals surface area (Å²) in [7, 11) is -0.479. The van der Waals surface area contributed by atoms with Crippen molar-refractivity contribution in [3.8, 4) is 5.75 Å². The number of nitrogens with one attached hydrogen (secondary N) is 1. The van der Waals surface area contributed by atoms with Crippen LogP contribution in [0, 0.1) is 0 Å². The van der Waals surface area contributed by atoms with E-state index < -0.39 is 38.4 Å². The third-order valence-corrected chi connectivity index (χ3v) is 15.0. The molecule has 13 heteroatoms.